The van der Waals surface area contributed by atoms with Gasteiger partial charge in [-0.25, -0.2) is 4.98 Å². The molecule has 24 heavy (non-hydrogen) atoms. The van der Waals surface area contributed by atoms with Crippen LogP contribution >= 0.6 is 11.6 Å². The van der Waals surface area contributed by atoms with Crippen molar-refractivity contribution >= 4 is 22.6 Å². The molecule has 1 aromatic heterocycles. The number of imidazole rings is 1. The Morgan fingerprint density at radius 2 is 1.79 bits per heavy atom. The van der Waals surface area contributed by atoms with Gasteiger partial charge in [0.05, 0.1) is 17.6 Å². The highest BCUT2D eigenvalue weighted by atomic mass is 35.5. The van der Waals surface area contributed by atoms with Crippen LogP contribution in [0.3, 0.4) is 0 Å². The molecule has 5 heteroatoms. The minimum absolute atomic E-state index is 0. The number of nitrogens with zero attached hydrogens (tertiary/aromatic N) is 2. The summed E-state index contributed by atoms with van der Waals surface area (Å²) < 4.78 is 8.09. The Morgan fingerprint density at radius 1 is 1.08 bits per heavy atom. The maximum absolute atomic E-state index is 5.88. The number of halogens is 2. The molecule has 2 aromatic carbocycles. The highest BCUT2D eigenvalue weighted by molar-refractivity contribution is 6.30. The standard InChI is InChI=1S/C19H21ClN2O.ClH/c1-14(2)19-21-17-6-3-4-7-18(17)22(19)12-5-13-23-16-10-8-15(20)9-11-16;/h3-4,6-11,14H,5,12-13H2,1-2H3;1H/p-1. The largest absolute Gasteiger partial charge is 1.00 e. The minimum atomic E-state index is 0. The van der Waals surface area contributed by atoms with Crippen molar-refractivity contribution in [1.29, 1.82) is 0 Å². The Balaban J connectivity index is 0.00000208. The summed E-state index contributed by atoms with van der Waals surface area (Å²) >= 11 is 5.88. The van der Waals surface area contributed by atoms with E-state index in [0.717, 1.165) is 35.1 Å². The molecule has 128 valence electrons. The first-order chi connectivity index (χ1) is 11.1. The van der Waals surface area contributed by atoms with Crippen LogP contribution in [0.15, 0.2) is 48.5 Å². The van der Waals surface area contributed by atoms with E-state index < -0.39 is 0 Å². The summed E-state index contributed by atoms with van der Waals surface area (Å²) in [6.45, 7) is 5.94. The molecule has 0 N–H and O–H groups in total. The number of rotatable bonds is 6. The maximum Gasteiger partial charge on any atom is 0.119 e. The number of ether oxygens (including phenoxy) is 1. The summed E-state index contributed by atoms with van der Waals surface area (Å²) in [7, 11) is 0. The highest BCUT2D eigenvalue weighted by Gasteiger charge is 2.12. The highest BCUT2D eigenvalue weighted by Crippen LogP contribution is 2.22. The lowest BCUT2D eigenvalue weighted by Crippen LogP contribution is -3.00. The zero-order valence-corrected chi connectivity index (χ0v) is 15.4. The Kier molecular flexibility index (Phi) is 6.52. The van der Waals surface area contributed by atoms with Crippen molar-refractivity contribution in [3.05, 3.63) is 59.4 Å². The molecule has 0 radical (unpaired) electrons. The lowest BCUT2D eigenvalue weighted by molar-refractivity contribution is -0.00000525. The maximum atomic E-state index is 5.88. The van der Waals surface area contributed by atoms with Crippen LogP contribution in [-0.4, -0.2) is 16.2 Å². The third kappa shape index (κ3) is 4.22. The summed E-state index contributed by atoms with van der Waals surface area (Å²) in [4.78, 5) is 4.77. The molecule has 0 amide bonds. The average Bonchev–Trinajstić information content (AvgIpc) is 2.92. The number of benzene rings is 2. The topological polar surface area (TPSA) is 27.1 Å². The molecule has 0 aliphatic heterocycles. The summed E-state index contributed by atoms with van der Waals surface area (Å²) in [5, 5.41) is 0.726. The molecule has 0 aliphatic carbocycles. The monoisotopic (exact) mass is 363 g/mol. The van der Waals surface area contributed by atoms with Crippen LogP contribution in [0.1, 0.15) is 32.0 Å². The molecule has 0 saturated carbocycles. The van der Waals surface area contributed by atoms with E-state index in [4.69, 9.17) is 21.3 Å². The normalized spacial score (nSPS) is 10.8. The van der Waals surface area contributed by atoms with Crippen molar-refractivity contribution in [3.8, 4) is 5.75 Å². The second-order valence-electron chi connectivity index (χ2n) is 5.92. The van der Waals surface area contributed by atoms with E-state index in [1.54, 1.807) is 0 Å². The van der Waals surface area contributed by atoms with Crippen LogP contribution in [0.2, 0.25) is 5.02 Å². The van der Waals surface area contributed by atoms with Gasteiger partial charge in [-0.15, -0.1) is 0 Å². The second kappa shape index (κ2) is 8.41. The Bertz CT molecular complexity index is 782. The van der Waals surface area contributed by atoms with E-state index in [1.807, 2.05) is 30.3 Å². The average molecular weight is 364 g/mol. The van der Waals surface area contributed by atoms with Gasteiger partial charge in [-0.05, 0) is 42.8 Å². The lowest BCUT2D eigenvalue weighted by atomic mass is 10.2. The van der Waals surface area contributed by atoms with E-state index in [9.17, 15) is 0 Å². The van der Waals surface area contributed by atoms with Crippen LogP contribution in [0, 0.1) is 0 Å². The fourth-order valence-electron chi connectivity index (χ4n) is 2.71. The molecular weight excluding hydrogens is 343 g/mol. The number of hydrogen-bond acceptors (Lipinski definition) is 2. The molecule has 0 spiro atoms. The minimum Gasteiger partial charge on any atom is -1.00 e. The number of aromatic nitrogens is 2. The van der Waals surface area contributed by atoms with Gasteiger partial charge < -0.3 is 21.7 Å². The molecule has 0 fully saturated rings. The van der Waals surface area contributed by atoms with Gasteiger partial charge >= 0.3 is 0 Å². The Labute approximate surface area is 154 Å². The number of hydrogen-bond donors (Lipinski definition) is 0. The van der Waals surface area contributed by atoms with Crippen molar-refractivity contribution in [2.75, 3.05) is 6.61 Å². The Morgan fingerprint density at radius 3 is 2.50 bits per heavy atom. The first-order valence-corrected chi connectivity index (χ1v) is 8.36. The predicted molar refractivity (Wildman–Crippen MR) is 95.4 cm³/mol. The summed E-state index contributed by atoms with van der Waals surface area (Å²) in [6.07, 6.45) is 0.933. The quantitative estimate of drug-likeness (QED) is 0.628. The van der Waals surface area contributed by atoms with E-state index in [0.29, 0.717) is 12.5 Å². The van der Waals surface area contributed by atoms with Crippen LogP contribution in [0.5, 0.6) is 5.75 Å². The van der Waals surface area contributed by atoms with Gasteiger partial charge in [0.15, 0.2) is 0 Å². The first-order valence-electron chi connectivity index (χ1n) is 7.98. The SMILES string of the molecule is CC(C)c1nc2ccccc2n1CCCOc1ccc(Cl)cc1.[Cl-]. The lowest BCUT2D eigenvalue weighted by Gasteiger charge is -2.12. The third-order valence-corrected chi connectivity index (χ3v) is 4.06. The van der Waals surface area contributed by atoms with Gasteiger partial charge in [-0.2, -0.15) is 0 Å². The van der Waals surface area contributed by atoms with Gasteiger partial charge in [-0.1, -0.05) is 37.6 Å². The fraction of sp³-hybridized carbons (Fsp3) is 0.316. The fourth-order valence-corrected chi connectivity index (χ4v) is 2.84. The molecule has 0 atom stereocenters. The third-order valence-electron chi connectivity index (χ3n) is 3.81. The zero-order valence-electron chi connectivity index (χ0n) is 13.9. The molecule has 0 unspecified atom stereocenters. The summed E-state index contributed by atoms with van der Waals surface area (Å²) in [5.41, 5.74) is 2.26. The van der Waals surface area contributed by atoms with E-state index >= 15 is 0 Å². The van der Waals surface area contributed by atoms with Gasteiger partial charge in [0.2, 0.25) is 0 Å². The molecule has 3 nitrogen and oxygen atoms in total. The smallest absolute Gasteiger partial charge is 0.119 e. The van der Waals surface area contributed by atoms with Crippen molar-refractivity contribution in [2.24, 2.45) is 0 Å². The molecule has 0 aliphatic rings. The zero-order chi connectivity index (χ0) is 16.2. The number of aryl methyl sites for hydroxylation is 1. The van der Waals surface area contributed by atoms with Crippen molar-refractivity contribution in [1.82, 2.24) is 9.55 Å². The van der Waals surface area contributed by atoms with Gasteiger partial charge in [-0.3, -0.25) is 0 Å². The predicted octanol–water partition coefficient (Wildman–Crippen LogP) is 2.29. The van der Waals surface area contributed by atoms with Crippen LogP contribution < -0.4 is 17.1 Å². The molecular formula is C19H21Cl2N2O-. The Hall–Kier alpha value is -1.71. The van der Waals surface area contributed by atoms with E-state index in [-0.39, 0.29) is 12.4 Å². The second-order valence-corrected chi connectivity index (χ2v) is 6.36. The molecule has 1 heterocycles. The number of fused-ring (bicyclic) bond motifs is 1. The summed E-state index contributed by atoms with van der Waals surface area (Å²) in [5.74, 6) is 2.39. The van der Waals surface area contributed by atoms with Gasteiger partial charge in [0.1, 0.15) is 11.6 Å². The van der Waals surface area contributed by atoms with Crippen LogP contribution in [0.25, 0.3) is 11.0 Å². The first kappa shape index (κ1) is 18.6. The van der Waals surface area contributed by atoms with Crippen LogP contribution in [0.4, 0.5) is 0 Å². The molecule has 3 aromatic rings. The van der Waals surface area contributed by atoms with Crippen molar-refractivity contribution < 1.29 is 17.1 Å². The molecule has 3 rings (SSSR count). The van der Waals surface area contributed by atoms with E-state index in [2.05, 4.69) is 36.6 Å². The van der Waals surface area contributed by atoms with Crippen molar-refractivity contribution in [2.45, 2.75) is 32.7 Å². The summed E-state index contributed by atoms with van der Waals surface area (Å²) in [6, 6.07) is 15.8. The molecule has 0 bridgehead atoms. The number of para-hydroxylation sites is 2. The van der Waals surface area contributed by atoms with Crippen LogP contribution in [-0.2, 0) is 6.54 Å². The van der Waals surface area contributed by atoms with Crippen molar-refractivity contribution in [3.63, 3.8) is 0 Å². The molecule has 0 saturated heterocycles. The van der Waals surface area contributed by atoms with E-state index in [1.165, 1.54) is 5.52 Å². The van der Waals surface area contributed by atoms with Gasteiger partial charge in [0, 0.05) is 17.5 Å². The van der Waals surface area contributed by atoms with Gasteiger partial charge in [0.25, 0.3) is 0 Å².